The zero-order valence-corrected chi connectivity index (χ0v) is 12.5. The summed E-state index contributed by atoms with van der Waals surface area (Å²) >= 11 is 6.18. The topological polar surface area (TPSA) is 29.0 Å². The van der Waals surface area contributed by atoms with Crippen LogP contribution in [0.1, 0.15) is 0 Å². The quantitative estimate of drug-likeness (QED) is 0.595. The van der Waals surface area contributed by atoms with Gasteiger partial charge in [0.15, 0.2) is 5.82 Å². The third kappa shape index (κ3) is 3.22. The Labute approximate surface area is 135 Å². The van der Waals surface area contributed by atoms with Gasteiger partial charge in [-0.25, -0.2) is 9.97 Å². The molecule has 118 valence electrons. The fourth-order valence-electron chi connectivity index (χ4n) is 2.24. The van der Waals surface area contributed by atoms with Gasteiger partial charge in [-0.3, -0.25) is 0 Å². The highest BCUT2D eigenvalue weighted by Gasteiger charge is 2.35. The maximum Gasteiger partial charge on any atom is 0.417 e. The number of alkyl halides is 4. The Kier molecular flexibility index (Phi) is 4.09. The summed E-state index contributed by atoms with van der Waals surface area (Å²) in [5.41, 5.74) is -0.388. The summed E-state index contributed by atoms with van der Waals surface area (Å²) in [7, 11) is 0. The number of hydrogen-bond donors (Lipinski definition) is 0. The van der Waals surface area contributed by atoms with Crippen LogP contribution in [0.3, 0.4) is 0 Å². The van der Waals surface area contributed by atoms with E-state index in [4.69, 9.17) is 11.6 Å². The number of allylic oxidation sites excluding steroid dienone is 2. The van der Waals surface area contributed by atoms with E-state index in [1.54, 1.807) is 42.7 Å². The Morgan fingerprint density at radius 1 is 1.04 bits per heavy atom. The van der Waals surface area contributed by atoms with Crippen molar-refractivity contribution in [1.29, 1.82) is 0 Å². The van der Waals surface area contributed by atoms with E-state index in [1.165, 1.54) is 11.0 Å². The maximum atomic E-state index is 13.0. The van der Waals surface area contributed by atoms with Gasteiger partial charge in [-0.2, -0.15) is 13.2 Å². The lowest BCUT2D eigenvalue weighted by Crippen LogP contribution is -2.30. The summed E-state index contributed by atoms with van der Waals surface area (Å²) in [4.78, 5) is 9.67. The van der Waals surface area contributed by atoms with Gasteiger partial charge in [0.05, 0.1) is 11.3 Å². The zero-order valence-electron chi connectivity index (χ0n) is 11.7. The number of hydrogen-bond acceptors (Lipinski definition) is 3. The van der Waals surface area contributed by atoms with Gasteiger partial charge < -0.3 is 4.90 Å². The summed E-state index contributed by atoms with van der Waals surface area (Å²) in [5, 5.41) is 0. The molecule has 0 radical (unpaired) electrons. The monoisotopic (exact) mass is 337 g/mol. The van der Waals surface area contributed by atoms with Gasteiger partial charge in [0.2, 0.25) is 0 Å². The van der Waals surface area contributed by atoms with E-state index in [1.807, 2.05) is 0 Å². The average Bonchev–Trinajstić information content (AvgIpc) is 2.55. The Hall–Kier alpha value is -2.34. The first-order valence-electron chi connectivity index (χ1n) is 6.73. The third-order valence-electron chi connectivity index (χ3n) is 3.29. The van der Waals surface area contributed by atoms with Crippen molar-refractivity contribution < 1.29 is 13.2 Å². The largest absolute Gasteiger partial charge is 0.417 e. The molecule has 0 fully saturated rings. The van der Waals surface area contributed by atoms with Crippen molar-refractivity contribution in [2.75, 3.05) is 4.90 Å². The molecule has 0 bridgehead atoms. The van der Waals surface area contributed by atoms with E-state index in [0.29, 0.717) is 17.1 Å². The van der Waals surface area contributed by atoms with Gasteiger partial charge in [0.1, 0.15) is 5.50 Å². The standard InChI is InChI=1S/C16H11ClF3N3/c17-14-7-6-11(16(18,19)20)10-23(14)13-5-2-1-4-12(13)15-21-8-3-9-22-15/h1-10,14H. The molecule has 3 nitrogen and oxygen atoms in total. The van der Waals surface area contributed by atoms with Crippen LogP contribution in [0.25, 0.3) is 11.4 Å². The molecule has 0 N–H and O–H groups in total. The van der Waals surface area contributed by atoms with Gasteiger partial charge in [0.25, 0.3) is 0 Å². The van der Waals surface area contributed by atoms with Crippen LogP contribution in [0.2, 0.25) is 0 Å². The molecule has 2 heterocycles. The van der Waals surface area contributed by atoms with Crippen molar-refractivity contribution in [1.82, 2.24) is 9.97 Å². The van der Waals surface area contributed by atoms with E-state index < -0.39 is 17.3 Å². The number of benzene rings is 1. The molecule has 1 unspecified atom stereocenters. The van der Waals surface area contributed by atoms with Gasteiger partial charge in [-0.1, -0.05) is 23.7 Å². The van der Waals surface area contributed by atoms with E-state index in [0.717, 1.165) is 12.3 Å². The lowest BCUT2D eigenvalue weighted by molar-refractivity contribution is -0.0885. The van der Waals surface area contributed by atoms with E-state index >= 15 is 0 Å². The van der Waals surface area contributed by atoms with Crippen LogP contribution < -0.4 is 4.90 Å². The molecule has 2 aromatic rings. The molecule has 0 saturated carbocycles. The molecule has 1 atom stereocenters. The highest BCUT2D eigenvalue weighted by Crippen LogP contribution is 2.36. The highest BCUT2D eigenvalue weighted by atomic mass is 35.5. The summed E-state index contributed by atoms with van der Waals surface area (Å²) < 4.78 is 38.9. The number of nitrogens with zero attached hydrogens (tertiary/aromatic N) is 3. The van der Waals surface area contributed by atoms with Crippen LogP contribution in [0.5, 0.6) is 0 Å². The molecule has 0 amide bonds. The summed E-state index contributed by atoms with van der Waals surface area (Å²) in [5.74, 6) is 0.420. The number of aromatic nitrogens is 2. The Morgan fingerprint density at radius 2 is 1.74 bits per heavy atom. The predicted molar refractivity (Wildman–Crippen MR) is 82.9 cm³/mol. The van der Waals surface area contributed by atoms with Crippen molar-refractivity contribution in [3.05, 3.63) is 66.7 Å². The molecule has 1 aromatic heterocycles. The lowest BCUT2D eigenvalue weighted by atomic mass is 10.1. The van der Waals surface area contributed by atoms with E-state index in [-0.39, 0.29) is 0 Å². The number of anilines is 1. The zero-order chi connectivity index (χ0) is 16.4. The highest BCUT2D eigenvalue weighted by molar-refractivity contribution is 6.23. The fraction of sp³-hybridized carbons (Fsp3) is 0.125. The molecule has 0 spiro atoms. The molecule has 23 heavy (non-hydrogen) atoms. The maximum absolute atomic E-state index is 13.0. The number of halogens is 4. The van der Waals surface area contributed by atoms with Crippen LogP contribution in [0, 0.1) is 0 Å². The van der Waals surface area contributed by atoms with Crippen LogP contribution >= 0.6 is 11.6 Å². The van der Waals surface area contributed by atoms with Gasteiger partial charge in [0, 0.05) is 24.2 Å². The van der Waals surface area contributed by atoms with Crippen molar-refractivity contribution in [2.45, 2.75) is 11.7 Å². The minimum atomic E-state index is -4.44. The van der Waals surface area contributed by atoms with Crippen LogP contribution in [0.15, 0.2) is 66.7 Å². The molecular weight excluding hydrogens is 327 g/mol. The number of rotatable bonds is 2. The van der Waals surface area contributed by atoms with Gasteiger partial charge in [-0.15, -0.1) is 0 Å². The summed E-state index contributed by atoms with van der Waals surface area (Å²) in [6.07, 6.45) is 1.99. The predicted octanol–water partition coefficient (Wildman–Crippen LogP) is 4.53. The minimum Gasteiger partial charge on any atom is -0.326 e. The van der Waals surface area contributed by atoms with Crippen LogP contribution in [-0.4, -0.2) is 21.6 Å². The van der Waals surface area contributed by atoms with Crippen LogP contribution in [0.4, 0.5) is 18.9 Å². The molecule has 1 aliphatic rings. The average molecular weight is 338 g/mol. The van der Waals surface area contributed by atoms with Crippen molar-refractivity contribution in [3.63, 3.8) is 0 Å². The van der Waals surface area contributed by atoms with Gasteiger partial charge >= 0.3 is 6.18 Å². The molecule has 3 rings (SSSR count). The summed E-state index contributed by atoms with van der Waals surface area (Å²) in [6, 6.07) is 8.59. The smallest absolute Gasteiger partial charge is 0.326 e. The number of para-hydroxylation sites is 1. The molecule has 1 aromatic carbocycles. The first-order chi connectivity index (χ1) is 11.0. The molecular formula is C16H11ClF3N3. The van der Waals surface area contributed by atoms with E-state index in [2.05, 4.69) is 9.97 Å². The second kappa shape index (κ2) is 6.04. The van der Waals surface area contributed by atoms with Crippen molar-refractivity contribution in [3.8, 4) is 11.4 Å². The fourth-order valence-corrected chi connectivity index (χ4v) is 2.47. The van der Waals surface area contributed by atoms with Gasteiger partial charge in [-0.05, 0) is 30.4 Å². The Balaban J connectivity index is 2.08. The molecule has 0 saturated heterocycles. The second-order valence-corrected chi connectivity index (χ2v) is 5.26. The van der Waals surface area contributed by atoms with Crippen molar-refractivity contribution in [2.24, 2.45) is 0 Å². The first-order valence-corrected chi connectivity index (χ1v) is 7.16. The molecule has 1 aliphatic heterocycles. The lowest BCUT2D eigenvalue weighted by Gasteiger charge is -2.30. The molecule has 7 heteroatoms. The van der Waals surface area contributed by atoms with Crippen LogP contribution in [-0.2, 0) is 0 Å². The first kappa shape index (κ1) is 15.6. The van der Waals surface area contributed by atoms with E-state index in [9.17, 15) is 13.2 Å². The molecule has 0 aliphatic carbocycles. The third-order valence-corrected chi connectivity index (χ3v) is 3.65. The second-order valence-electron chi connectivity index (χ2n) is 4.81. The SMILES string of the molecule is FC(F)(F)C1=CN(c2ccccc2-c2ncccn2)C(Cl)C=C1. The minimum absolute atomic E-state index is 0.420. The Bertz CT molecular complexity index is 757. The summed E-state index contributed by atoms with van der Waals surface area (Å²) in [6.45, 7) is 0. The van der Waals surface area contributed by atoms with Crippen molar-refractivity contribution >= 4 is 17.3 Å². The Morgan fingerprint density at radius 3 is 2.43 bits per heavy atom. The normalized spacial score (nSPS) is 18.0.